The molecule has 88 valence electrons. The highest BCUT2D eigenvalue weighted by atomic mass is 16.6. The van der Waals surface area contributed by atoms with Crippen LogP contribution in [0.2, 0.25) is 0 Å². The smallest absolute Gasteiger partial charge is 0.395 e. The average molecular weight is 237 g/mol. The number of hydrogen-bond acceptors (Lipinski definition) is 6. The summed E-state index contributed by atoms with van der Waals surface area (Å²) in [7, 11) is 1.36. The van der Waals surface area contributed by atoms with E-state index in [1.807, 2.05) is 0 Å². The summed E-state index contributed by atoms with van der Waals surface area (Å²) in [4.78, 5) is 24.9. The Labute approximate surface area is 93.9 Å². The van der Waals surface area contributed by atoms with Gasteiger partial charge in [0.1, 0.15) is 0 Å². The number of hydrogen-bond donors (Lipinski definition) is 1. The largest absolute Gasteiger partial charge is 0.493 e. The van der Waals surface area contributed by atoms with E-state index in [2.05, 4.69) is 4.98 Å². The summed E-state index contributed by atoms with van der Waals surface area (Å²) in [6.07, 6.45) is 1.31. The number of nitro groups is 1. The van der Waals surface area contributed by atoms with E-state index in [4.69, 9.17) is 4.74 Å². The minimum atomic E-state index is -0.976. The molecule has 0 aliphatic heterocycles. The Balaban J connectivity index is 2.96. The fourth-order valence-electron chi connectivity index (χ4n) is 1.44. The predicted octanol–water partition coefficient (Wildman–Crippen LogP) is 0.317. The van der Waals surface area contributed by atoms with E-state index < -0.39 is 22.0 Å². The van der Waals surface area contributed by atoms with Crippen LogP contribution in [0.5, 0.6) is 11.6 Å². The van der Waals surface area contributed by atoms with Gasteiger partial charge in [-0.3, -0.25) is 19.3 Å². The third-order valence-electron chi connectivity index (χ3n) is 2.18. The molecule has 0 radical (unpaired) electrons. The second-order valence-corrected chi connectivity index (χ2v) is 3.12. The molecule has 2 rings (SSSR count). The van der Waals surface area contributed by atoms with Crippen molar-refractivity contribution in [2.75, 3.05) is 7.11 Å². The molecule has 0 aromatic carbocycles. The first-order chi connectivity index (χ1) is 8.06. The summed E-state index contributed by atoms with van der Waals surface area (Å²) in [6.45, 7) is 0. The average Bonchev–Trinajstić information content (AvgIpc) is 2.28. The summed E-state index contributed by atoms with van der Waals surface area (Å²) < 4.78 is 5.88. The van der Waals surface area contributed by atoms with Crippen molar-refractivity contribution < 1.29 is 14.8 Å². The molecule has 0 bridgehead atoms. The fourth-order valence-corrected chi connectivity index (χ4v) is 1.44. The maximum Gasteiger partial charge on any atom is 0.395 e. The van der Waals surface area contributed by atoms with Gasteiger partial charge >= 0.3 is 11.2 Å². The first kappa shape index (κ1) is 10.9. The van der Waals surface area contributed by atoms with Crippen molar-refractivity contribution in [2.24, 2.45) is 0 Å². The van der Waals surface area contributed by atoms with Crippen molar-refractivity contribution in [3.8, 4) is 11.6 Å². The maximum absolute atomic E-state index is 11.7. The van der Waals surface area contributed by atoms with Crippen LogP contribution in [-0.4, -0.2) is 26.5 Å². The molecule has 2 aromatic rings. The van der Waals surface area contributed by atoms with Gasteiger partial charge in [0.15, 0.2) is 11.4 Å². The molecule has 17 heavy (non-hydrogen) atoms. The van der Waals surface area contributed by atoms with E-state index >= 15 is 0 Å². The molecule has 0 fully saturated rings. The van der Waals surface area contributed by atoms with Crippen LogP contribution >= 0.6 is 0 Å². The van der Waals surface area contributed by atoms with Gasteiger partial charge in [0, 0.05) is 6.20 Å². The van der Waals surface area contributed by atoms with Crippen molar-refractivity contribution in [1.29, 1.82) is 0 Å². The molecule has 0 aliphatic carbocycles. The fraction of sp³-hybridized carbons (Fsp3) is 0.111. The quantitative estimate of drug-likeness (QED) is 0.595. The zero-order chi connectivity index (χ0) is 12.6. The number of rotatable bonds is 2. The summed E-state index contributed by atoms with van der Waals surface area (Å²) in [5, 5.41) is 20.0. The SMILES string of the molecule is COc1cccn2c(=O)c([N+](=O)[O-])c(O)nc12. The van der Waals surface area contributed by atoms with E-state index in [1.165, 1.54) is 25.4 Å². The van der Waals surface area contributed by atoms with Gasteiger partial charge in [0.05, 0.1) is 12.0 Å². The highest BCUT2D eigenvalue weighted by Gasteiger charge is 2.24. The molecule has 0 unspecified atom stereocenters. The Hall–Kier alpha value is -2.64. The summed E-state index contributed by atoms with van der Waals surface area (Å²) in [5.74, 6) is -0.695. The number of fused-ring (bicyclic) bond motifs is 1. The molecule has 2 heterocycles. The molecule has 0 spiro atoms. The molecular weight excluding hydrogens is 230 g/mol. The van der Waals surface area contributed by atoms with Gasteiger partial charge in [-0.05, 0) is 12.1 Å². The number of aromatic hydroxyl groups is 1. The second-order valence-electron chi connectivity index (χ2n) is 3.12. The highest BCUT2D eigenvalue weighted by molar-refractivity contribution is 5.57. The number of nitrogens with zero attached hydrogens (tertiary/aromatic N) is 3. The van der Waals surface area contributed by atoms with Crippen LogP contribution in [-0.2, 0) is 0 Å². The second kappa shape index (κ2) is 3.74. The monoisotopic (exact) mass is 237 g/mol. The first-order valence-electron chi connectivity index (χ1n) is 4.49. The van der Waals surface area contributed by atoms with E-state index in [-0.39, 0.29) is 11.4 Å². The van der Waals surface area contributed by atoms with Crippen LogP contribution in [0.25, 0.3) is 5.65 Å². The lowest BCUT2D eigenvalue weighted by Crippen LogP contribution is -2.18. The number of methoxy groups -OCH3 is 1. The van der Waals surface area contributed by atoms with Crippen LogP contribution in [0.15, 0.2) is 23.1 Å². The summed E-state index contributed by atoms with van der Waals surface area (Å²) in [5.41, 5.74) is -1.91. The van der Waals surface area contributed by atoms with Gasteiger partial charge in [-0.25, -0.2) is 0 Å². The predicted molar refractivity (Wildman–Crippen MR) is 56.3 cm³/mol. The van der Waals surface area contributed by atoms with Gasteiger partial charge in [-0.1, -0.05) is 0 Å². The van der Waals surface area contributed by atoms with Gasteiger partial charge < -0.3 is 9.84 Å². The topological polar surface area (TPSA) is 107 Å². The van der Waals surface area contributed by atoms with Gasteiger partial charge in [-0.2, -0.15) is 4.98 Å². The molecule has 8 nitrogen and oxygen atoms in total. The Kier molecular flexibility index (Phi) is 2.39. The van der Waals surface area contributed by atoms with Crippen molar-refractivity contribution in [2.45, 2.75) is 0 Å². The van der Waals surface area contributed by atoms with Crippen LogP contribution in [0.1, 0.15) is 0 Å². The minimum Gasteiger partial charge on any atom is -0.493 e. The van der Waals surface area contributed by atoms with Crippen molar-refractivity contribution in [1.82, 2.24) is 9.38 Å². The Morgan fingerprint density at radius 1 is 1.59 bits per heavy atom. The number of aromatic nitrogens is 2. The highest BCUT2D eigenvalue weighted by Crippen LogP contribution is 2.23. The van der Waals surface area contributed by atoms with Gasteiger partial charge in [0.25, 0.3) is 5.88 Å². The molecule has 0 atom stereocenters. The van der Waals surface area contributed by atoms with Crippen molar-refractivity contribution in [3.63, 3.8) is 0 Å². The van der Waals surface area contributed by atoms with Crippen LogP contribution < -0.4 is 10.3 Å². The number of ether oxygens (including phenoxy) is 1. The van der Waals surface area contributed by atoms with E-state index in [0.717, 1.165) is 4.40 Å². The third kappa shape index (κ3) is 1.55. The molecule has 0 saturated carbocycles. The standard InChI is InChI=1S/C9H7N3O5/c1-17-5-3-2-4-11-7(5)10-8(13)6(9(11)14)12(15)16/h2-4,13H,1H3. The lowest BCUT2D eigenvalue weighted by atomic mass is 10.4. The van der Waals surface area contributed by atoms with E-state index in [9.17, 15) is 20.0 Å². The zero-order valence-electron chi connectivity index (χ0n) is 8.65. The van der Waals surface area contributed by atoms with Crippen molar-refractivity contribution in [3.05, 3.63) is 38.8 Å². The molecular formula is C9H7N3O5. The Morgan fingerprint density at radius 2 is 2.29 bits per heavy atom. The molecule has 0 amide bonds. The maximum atomic E-state index is 11.7. The van der Waals surface area contributed by atoms with Gasteiger partial charge in [0.2, 0.25) is 0 Å². The van der Waals surface area contributed by atoms with Crippen molar-refractivity contribution >= 4 is 11.3 Å². The van der Waals surface area contributed by atoms with E-state index in [1.54, 1.807) is 0 Å². The third-order valence-corrected chi connectivity index (χ3v) is 2.18. The normalized spacial score (nSPS) is 10.4. The summed E-state index contributed by atoms with van der Waals surface area (Å²) in [6, 6.07) is 3.00. The zero-order valence-corrected chi connectivity index (χ0v) is 8.65. The Bertz CT molecular complexity index is 663. The number of pyridine rings is 1. The van der Waals surface area contributed by atoms with Crippen LogP contribution in [0, 0.1) is 10.1 Å². The molecule has 1 N–H and O–H groups in total. The van der Waals surface area contributed by atoms with Crippen LogP contribution in [0.4, 0.5) is 5.69 Å². The van der Waals surface area contributed by atoms with Crippen LogP contribution in [0.3, 0.4) is 0 Å². The minimum absolute atomic E-state index is 0.0168. The first-order valence-corrected chi connectivity index (χ1v) is 4.49. The Morgan fingerprint density at radius 3 is 2.88 bits per heavy atom. The molecule has 8 heteroatoms. The summed E-state index contributed by atoms with van der Waals surface area (Å²) >= 11 is 0. The lowest BCUT2D eigenvalue weighted by Gasteiger charge is -2.05. The van der Waals surface area contributed by atoms with Gasteiger partial charge in [-0.15, -0.1) is 0 Å². The lowest BCUT2D eigenvalue weighted by molar-refractivity contribution is -0.387. The molecule has 2 aromatic heterocycles. The van der Waals surface area contributed by atoms with E-state index in [0.29, 0.717) is 0 Å². The molecule has 0 saturated heterocycles. The molecule has 0 aliphatic rings.